The lowest BCUT2D eigenvalue weighted by Crippen LogP contribution is -2.40. The monoisotopic (exact) mass is 487 g/mol. The summed E-state index contributed by atoms with van der Waals surface area (Å²) in [6.07, 6.45) is 1.67. The fourth-order valence-corrected chi connectivity index (χ4v) is 4.06. The van der Waals surface area contributed by atoms with E-state index in [1.165, 1.54) is 0 Å². The maximum Gasteiger partial charge on any atom is 0.260 e. The van der Waals surface area contributed by atoms with Gasteiger partial charge in [0.2, 0.25) is 11.2 Å². The molecule has 0 aliphatic carbocycles. The first-order valence-corrected chi connectivity index (χ1v) is 10.8. The molecule has 0 saturated carbocycles. The Labute approximate surface area is 187 Å². The highest BCUT2D eigenvalue weighted by molar-refractivity contribution is 9.10. The summed E-state index contributed by atoms with van der Waals surface area (Å²) in [6.45, 7) is 2.09. The fourth-order valence-electron chi connectivity index (χ4n) is 3.70. The number of benzene rings is 2. The van der Waals surface area contributed by atoms with Crippen LogP contribution in [0.1, 0.15) is 18.6 Å². The molecule has 0 unspecified atom stereocenters. The number of hydrogen-bond donors (Lipinski definition) is 1. The minimum absolute atomic E-state index is 0.0455. The van der Waals surface area contributed by atoms with Crippen molar-refractivity contribution in [2.24, 2.45) is 0 Å². The predicted octanol–water partition coefficient (Wildman–Crippen LogP) is 4.02. The van der Waals surface area contributed by atoms with E-state index in [2.05, 4.69) is 15.9 Å². The van der Waals surface area contributed by atoms with Gasteiger partial charge in [-0.3, -0.25) is 9.59 Å². The van der Waals surface area contributed by atoms with Crippen molar-refractivity contribution >= 4 is 32.8 Å². The van der Waals surface area contributed by atoms with Gasteiger partial charge in [-0.25, -0.2) is 0 Å². The highest BCUT2D eigenvalue weighted by Gasteiger charge is 2.28. The average Bonchev–Trinajstić information content (AvgIpc) is 3.25. The van der Waals surface area contributed by atoms with E-state index >= 15 is 0 Å². The smallest absolute Gasteiger partial charge is 0.260 e. The molecule has 1 fully saturated rings. The first kappa shape index (κ1) is 21.4. The first-order chi connectivity index (χ1) is 15.0. The van der Waals surface area contributed by atoms with Gasteiger partial charge >= 0.3 is 0 Å². The Balaban J connectivity index is 1.54. The van der Waals surface area contributed by atoms with E-state index in [0.29, 0.717) is 34.8 Å². The van der Waals surface area contributed by atoms with Gasteiger partial charge in [0.25, 0.3) is 5.91 Å². The summed E-state index contributed by atoms with van der Waals surface area (Å²) >= 11 is 3.40. The second kappa shape index (κ2) is 9.11. The summed E-state index contributed by atoms with van der Waals surface area (Å²) in [4.78, 5) is 27.0. The molecule has 1 N–H and O–H groups in total. The van der Waals surface area contributed by atoms with Crippen molar-refractivity contribution in [3.63, 3.8) is 0 Å². The van der Waals surface area contributed by atoms with E-state index in [-0.39, 0.29) is 36.3 Å². The normalized spacial score (nSPS) is 16.0. The van der Waals surface area contributed by atoms with Gasteiger partial charge in [-0.2, -0.15) is 0 Å². The molecule has 162 valence electrons. The lowest BCUT2D eigenvalue weighted by atomic mass is 10.2. The topological polar surface area (TPSA) is 89.2 Å². The highest BCUT2D eigenvalue weighted by Crippen LogP contribution is 2.31. The van der Waals surface area contributed by atoms with Gasteiger partial charge < -0.3 is 23.9 Å². The van der Waals surface area contributed by atoms with Crippen LogP contribution in [-0.2, 0) is 4.79 Å². The molecule has 2 heterocycles. The van der Waals surface area contributed by atoms with Gasteiger partial charge in [0, 0.05) is 12.6 Å². The number of ether oxygens (including phenoxy) is 2. The molecule has 1 aliphatic heterocycles. The molecule has 0 bridgehead atoms. The summed E-state index contributed by atoms with van der Waals surface area (Å²) < 4.78 is 18.0. The summed E-state index contributed by atoms with van der Waals surface area (Å²) in [5.41, 5.74) is 0.0568. The Morgan fingerprint density at radius 3 is 2.87 bits per heavy atom. The predicted molar refractivity (Wildman–Crippen MR) is 119 cm³/mol. The van der Waals surface area contributed by atoms with E-state index in [1.54, 1.807) is 36.1 Å². The molecule has 7 nitrogen and oxygen atoms in total. The van der Waals surface area contributed by atoms with Gasteiger partial charge in [-0.05, 0) is 60.0 Å². The summed E-state index contributed by atoms with van der Waals surface area (Å²) in [7, 11) is 0. The molecule has 2 aromatic carbocycles. The Hall–Kier alpha value is -2.84. The maximum atomic E-state index is 13.0. The Morgan fingerprint density at radius 1 is 1.29 bits per heavy atom. The number of halogens is 1. The van der Waals surface area contributed by atoms with Crippen LogP contribution in [-0.4, -0.2) is 41.7 Å². The van der Waals surface area contributed by atoms with Crippen molar-refractivity contribution in [3.8, 4) is 17.2 Å². The molecule has 0 spiro atoms. The quantitative estimate of drug-likeness (QED) is 0.564. The van der Waals surface area contributed by atoms with Crippen LogP contribution < -0.4 is 14.9 Å². The Kier molecular flexibility index (Phi) is 6.29. The highest BCUT2D eigenvalue weighted by atomic mass is 79.9. The zero-order valence-electron chi connectivity index (χ0n) is 17.0. The van der Waals surface area contributed by atoms with Crippen LogP contribution in [0.25, 0.3) is 11.0 Å². The van der Waals surface area contributed by atoms with Crippen LogP contribution in [0.4, 0.5) is 0 Å². The molecule has 31 heavy (non-hydrogen) atoms. The van der Waals surface area contributed by atoms with Gasteiger partial charge in [-0.15, -0.1) is 0 Å². The first-order valence-electron chi connectivity index (χ1n) is 10.0. The lowest BCUT2D eigenvalue weighted by molar-refractivity contribution is -0.134. The van der Waals surface area contributed by atoms with Crippen molar-refractivity contribution < 1.29 is 23.8 Å². The summed E-state index contributed by atoms with van der Waals surface area (Å²) in [6, 6.07) is 11.9. The number of aryl methyl sites for hydroxylation is 1. The second-order valence-corrected chi connectivity index (χ2v) is 8.22. The number of rotatable bonds is 6. The van der Waals surface area contributed by atoms with Gasteiger partial charge in [0.1, 0.15) is 22.8 Å². The number of nitrogens with zero attached hydrogens (tertiary/aromatic N) is 1. The third kappa shape index (κ3) is 4.45. The SMILES string of the molecule is Cc1oc2cc(OCC(=O)N3CCC[C@H]3CO)ccc2c(=O)c1Oc1ccccc1Br. The minimum Gasteiger partial charge on any atom is -0.484 e. The number of aliphatic hydroxyl groups is 1. The van der Waals surface area contributed by atoms with Crippen LogP contribution in [0.2, 0.25) is 0 Å². The molecule has 1 aromatic heterocycles. The molecular formula is C23H22BrNO6. The number of amides is 1. The van der Waals surface area contributed by atoms with Crippen LogP contribution in [0.3, 0.4) is 0 Å². The number of aliphatic hydroxyl groups excluding tert-OH is 1. The van der Waals surface area contributed by atoms with E-state index in [4.69, 9.17) is 13.9 Å². The molecule has 8 heteroatoms. The van der Waals surface area contributed by atoms with Crippen molar-refractivity contribution in [3.05, 3.63) is 62.9 Å². The van der Waals surface area contributed by atoms with Crippen molar-refractivity contribution in [2.45, 2.75) is 25.8 Å². The molecule has 1 aliphatic rings. The molecule has 1 atom stereocenters. The minimum atomic E-state index is -0.292. The molecular weight excluding hydrogens is 466 g/mol. The van der Waals surface area contributed by atoms with E-state index < -0.39 is 0 Å². The standard InChI is InChI=1S/C23H22BrNO6/c1-14-23(31-19-7-3-2-6-18(19)24)22(28)17-9-8-16(11-20(17)30-14)29-13-21(27)25-10-4-5-15(25)12-26/h2-3,6-9,11,15,26H,4-5,10,12-13H2,1H3/t15-/m0/s1. The number of carbonyl (C=O) groups is 1. The third-order valence-electron chi connectivity index (χ3n) is 5.31. The van der Waals surface area contributed by atoms with Gasteiger partial charge in [0.05, 0.1) is 22.5 Å². The zero-order chi connectivity index (χ0) is 22.0. The van der Waals surface area contributed by atoms with E-state index in [1.807, 2.05) is 18.2 Å². The van der Waals surface area contributed by atoms with Gasteiger partial charge in [0.15, 0.2) is 6.61 Å². The fraction of sp³-hybridized carbons (Fsp3) is 0.304. The largest absolute Gasteiger partial charge is 0.484 e. The average molecular weight is 488 g/mol. The van der Waals surface area contributed by atoms with E-state index in [9.17, 15) is 14.7 Å². The van der Waals surface area contributed by atoms with Crippen molar-refractivity contribution in [1.29, 1.82) is 0 Å². The summed E-state index contributed by atoms with van der Waals surface area (Å²) in [5, 5.41) is 9.74. The third-order valence-corrected chi connectivity index (χ3v) is 5.96. The van der Waals surface area contributed by atoms with Crippen LogP contribution >= 0.6 is 15.9 Å². The lowest BCUT2D eigenvalue weighted by Gasteiger charge is -2.22. The van der Waals surface area contributed by atoms with Crippen LogP contribution in [0.15, 0.2) is 56.1 Å². The van der Waals surface area contributed by atoms with Gasteiger partial charge in [-0.1, -0.05) is 12.1 Å². The Morgan fingerprint density at radius 2 is 2.10 bits per heavy atom. The number of hydrogen-bond acceptors (Lipinski definition) is 6. The number of para-hydroxylation sites is 1. The zero-order valence-corrected chi connectivity index (χ0v) is 18.6. The molecule has 4 rings (SSSR count). The van der Waals surface area contributed by atoms with Crippen molar-refractivity contribution in [2.75, 3.05) is 19.8 Å². The maximum absolute atomic E-state index is 13.0. The molecule has 1 amide bonds. The van der Waals surface area contributed by atoms with E-state index in [0.717, 1.165) is 17.3 Å². The Bertz CT molecular complexity index is 1170. The van der Waals surface area contributed by atoms with Crippen molar-refractivity contribution in [1.82, 2.24) is 4.90 Å². The van der Waals surface area contributed by atoms with Crippen LogP contribution in [0.5, 0.6) is 17.2 Å². The molecule has 1 saturated heterocycles. The second-order valence-electron chi connectivity index (χ2n) is 7.36. The summed E-state index contributed by atoms with van der Waals surface area (Å²) in [5.74, 6) is 1.21. The number of carbonyl (C=O) groups excluding carboxylic acids is 1. The number of fused-ring (bicyclic) bond motifs is 1. The molecule has 3 aromatic rings. The van der Waals surface area contributed by atoms with Crippen LogP contribution in [0, 0.1) is 6.92 Å². The molecule has 0 radical (unpaired) electrons. The number of likely N-dealkylation sites (tertiary alicyclic amines) is 1.